The summed E-state index contributed by atoms with van der Waals surface area (Å²) in [6, 6.07) is 0. The molecule has 0 aromatic carbocycles. The zero-order chi connectivity index (χ0) is 28.5. The van der Waals surface area contributed by atoms with E-state index in [1.54, 1.807) is 54.5 Å². The van der Waals surface area contributed by atoms with Crippen LogP contribution in [0.5, 0.6) is 0 Å². The third-order valence-corrected chi connectivity index (χ3v) is 5.76. The molecule has 0 fully saturated rings. The van der Waals surface area contributed by atoms with E-state index >= 15 is 0 Å². The Labute approximate surface area is 226 Å². The number of nitrogens with zero attached hydrogens (tertiary/aromatic N) is 6. The summed E-state index contributed by atoms with van der Waals surface area (Å²) in [6.07, 6.45) is 0. The monoisotopic (exact) mass is 542 g/mol. The van der Waals surface area contributed by atoms with Crippen molar-refractivity contribution in [1.82, 2.24) is 19.8 Å². The number of hydrogen-bond acceptors (Lipinski definition) is 11. The van der Waals surface area contributed by atoms with Crippen molar-refractivity contribution in [3.8, 4) is 0 Å². The first kappa shape index (κ1) is 33.4. The number of rotatable bonds is 20. The van der Waals surface area contributed by atoms with Gasteiger partial charge in [0, 0.05) is 88.9 Å². The van der Waals surface area contributed by atoms with Crippen LogP contribution in [-0.2, 0) is 23.7 Å². The molecule has 0 saturated heterocycles. The Morgan fingerprint density at radius 1 is 0.605 bits per heavy atom. The van der Waals surface area contributed by atoms with Crippen LogP contribution in [0.2, 0.25) is 0 Å². The van der Waals surface area contributed by atoms with E-state index in [2.05, 4.69) is 0 Å². The van der Waals surface area contributed by atoms with Gasteiger partial charge in [0.25, 0.3) is 11.8 Å². The minimum atomic E-state index is -0.339. The zero-order valence-corrected chi connectivity index (χ0v) is 24.3. The maximum Gasteiger partial charge on any atom is 0.276 e. The van der Waals surface area contributed by atoms with Gasteiger partial charge in [-0.3, -0.25) is 9.59 Å². The van der Waals surface area contributed by atoms with Gasteiger partial charge in [0.05, 0.1) is 33.0 Å². The van der Waals surface area contributed by atoms with Crippen LogP contribution in [0.1, 0.15) is 27.9 Å². The molecule has 0 radical (unpaired) electrons. The molecule has 0 spiro atoms. The summed E-state index contributed by atoms with van der Waals surface area (Å²) in [6.45, 7) is 6.32. The Morgan fingerprint density at radius 2 is 0.974 bits per heavy atom. The zero-order valence-electron chi connectivity index (χ0n) is 24.3. The van der Waals surface area contributed by atoms with Crippen molar-refractivity contribution in [1.29, 1.82) is 0 Å². The van der Waals surface area contributed by atoms with Crippen LogP contribution < -0.4 is 9.80 Å². The molecule has 1 rings (SSSR count). The lowest BCUT2D eigenvalue weighted by molar-refractivity contribution is 0.0621. The van der Waals surface area contributed by atoms with Crippen molar-refractivity contribution >= 4 is 23.5 Å². The van der Waals surface area contributed by atoms with Gasteiger partial charge in [-0.2, -0.15) is 0 Å². The lowest BCUT2D eigenvalue weighted by Gasteiger charge is -2.30. The number of carbonyl (C=O) groups is 2. The van der Waals surface area contributed by atoms with E-state index in [-0.39, 0.29) is 23.2 Å². The molecule has 0 N–H and O–H groups in total. The second-order valence-corrected chi connectivity index (χ2v) is 8.59. The molecule has 13 nitrogen and oxygen atoms in total. The van der Waals surface area contributed by atoms with Crippen molar-refractivity contribution in [2.75, 3.05) is 132 Å². The third-order valence-electron chi connectivity index (χ3n) is 5.76. The van der Waals surface area contributed by atoms with E-state index in [0.29, 0.717) is 83.9 Å². The lowest BCUT2D eigenvalue weighted by Crippen LogP contribution is -2.41. The first-order valence-corrected chi connectivity index (χ1v) is 12.7. The first-order chi connectivity index (χ1) is 18.3. The molecule has 1 aromatic heterocycles. The minimum Gasteiger partial charge on any atom is -0.383 e. The molecule has 2 amide bonds. The van der Waals surface area contributed by atoms with Gasteiger partial charge in [-0.15, -0.1) is 0 Å². The molecular weight excluding hydrogens is 496 g/mol. The molecule has 0 unspecified atom stereocenters. The van der Waals surface area contributed by atoms with E-state index in [0.717, 1.165) is 0 Å². The highest BCUT2D eigenvalue weighted by atomic mass is 16.5. The SMILES string of the molecule is CCN(CCOC)c1nc(C(=O)N(CCOC)CCOC)c(N(CCOC)CCOC)nc1C(=O)N(C)C. The van der Waals surface area contributed by atoms with E-state index in [4.69, 9.17) is 33.7 Å². The summed E-state index contributed by atoms with van der Waals surface area (Å²) in [5.41, 5.74) is 0.283. The van der Waals surface area contributed by atoms with Gasteiger partial charge in [-0.05, 0) is 6.92 Å². The van der Waals surface area contributed by atoms with Crippen molar-refractivity contribution in [2.45, 2.75) is 6.92 Å². The van der Waals surface area contributed by atoms with Crippen molar-refractivity contribution in [3.05, 3.63) is 11.4 Å². The number of amides is 2. The van der Waals surface area contributed by atoms with Crippen LogP contribution in [0.15, 0.2) is 0 Å². The van der Waals surface area contributed by atoms with E-state index < -0.39 is 0 Å². The number of methoxy groups -OCH3 is 5. The predicted molar refractivity (Wildman–Crippen MR) is 145 cm³/mol. The summed E-state index contributed by atoms with van der Waals surface area (Å²) < 4.78 is 26.4. The standard InChI is InChI=1S/C25H46N6O7/c1-9-29(10-15-34-4)22-20(24(32)28(2)3)26-23(30(11-16-35-5)12-17-36-6)21(27-22)25(33)31(13-18-37-7)14-19-38-8/h9-19H2,1-8H3. The normalized spacial score (nSPS) is 10.9. The number of ether oxygens (including phenoxy) is 5. The Bertz CT molecular complexity index is 827. The predicted octanol–water partition coefficient (Wildman–Crippen LogP) is 0.485. The quantitative estimate of drug-likeness (QED) is 0.229. The minimum absolute atomic E-state index is 0.130. The molecule has 218 valence electrons. The fourth-order valence-corrected chi connectivity index (χ4v) is 3.57. The third kappa shape index (κ3) is 9.95. The summed E-state index contributed by atoms with van der Waals surface area (Å²) in [4.78, 5) is 43.8. The van der Waals surface area contributed by atoms with Gasteiger partial charge in [-0.1, -0.05) is 0 Å². The van der Waals surface area contributed by atoms with Gasteiger partial charge >= 0.3 is 0 Å². The van der Waals surface area contributed by atoms with E-state index in [1.165, 1.54) is 4.90 Å². The largest absolute Gasteiger partial charge is 0.383 e. The average molecular weight is 543 g/mol. The molecule has 1 aromatic rings. The second kappa shape index (κ2) is 18.6. The number of carbonyl (C=O) groups excluding carboxylic acids is 2. The van der Waals surface area contributed by atoms with Crippen molar-refractivity contribution in [3.63, 3.8) is 0 Å². The van der Waals surface area contributed by atoms with Gasteiger partial charge in [0.1, 0.15) is 0 Å². The van der Waals surface area contributed by atoms with Gasteiger partial charge < -0.3 is 43.3 Å². The molecule has 0 saturated carbocycles. The van der Waals surface area contributed by atoms with Gasteiger partial charge in [0.15, 0.2) is 23.0 Å². The highest BCUT2D eigenvalue weighted by Crippen LogP contribution is 2.26. The summed E-state index contributed by atoms with van der Waals surface area (Å²) in [7, 11) is 11.3. The molecule has 0 atom stereocenters. The Balaban J connectivity index is 3.89. The van der Waals surface area contributed by atoms with Gasteiger partial charge in [-0.25, -0.2) is 9.97 Å². The Hall–Kier alpha value is -2.58. The van der Waals surface area contributed by atoms with Gasteiger partial charge in [0.2, 0.25) is 0 Å². The van der Waals surface area contributed by atoms with Crippen LogP contribution in [0.3, 0.4) is 0 Å². The highest BCUT2D eigenvalue weighted by molar-refractivity contribution is 6.01. The number of aromatic nitrogens is 2. The first-order valence-electron chi connectivity index (χ1n) is 12.7. The van der Waals surface area contributed by atoms with E-state index in [9.17, 15) is 9.59 Å². The van der Waals surface area contributed by atoms with Crippen LogP contribution in [0, 0.1) is 0 Å². The highest BCUT2D eigenvalue weighted by Gasteiger charge is 2.31. The second-order valence-electron chi connectivity index (χ2n) is 8.59. The molecule has 0 bridgehead atoms. The summed E-state index contributed by atoms with van der Waals surface area (Å²) in [5, 5.41) is 0. The molecular formula is C25H46N6O7. The maximum absolute atomic E-state index is 14.0. The maximum atomic E-state index is 14.0. The molecule has 38 heavy (non-hydrogen) atoms. The Morgan fingerprint density at radius 3 is 1.37 bits per heavy atom. The van der Waals surface area contributed by atoms with Crippen LogP contribution in [0.25, 0.3) is 0 Å². The molecule has 13 heteroatoms. The van der Waals surface area contributed by atoms with Crippen LogP contribution in [-0.4, -0.2) is 154 Å². The smallest absolute Gasteiger partial charge is 0.276 e. The molecule has 0 aliphatic carbocycles. The fraction of sp³-hybridized carbons (Fsp3) is 0.760. The molecule has 1 heterocycles. The molecule has 0 aliphatic rings. The van der Waals surface area contributed by atoms with E-state index in [1.807, 2.05) is 16.7 Å². The average Bonchev–Trinajstić information content (AvgIpc) is 2.92. The van der Waals surface area contributed by atoms with Crippen LogP contribution in [0.4, 0.5) is 11.6 Å². The molecule has 0 aliphatic heterocycles. The summed E-state index contributed by atoms with van der Waals surface area (Å²) in [5.74, 6) is -0.0418. The Kier molecular flexibility index (Phi) is 16.4. The lowest BCUT2D eigenvalue weighted by atomic mass is 10.2. The fourth-order valence-electron chi connectivity index (χ4n) is 3.57. The topological polar surface area (TPSA) is 119 Å². The van der Waals surface area contributed by atoms with Crippen LogP contribution >= 0.6 is 0 Å². The number of anilines is 2. The number of likely N-dealkylation sites (N-methyl/N-ethyl adjacent to an activating group) is 1. The number of hydrogen-bond donors (Lipinski definition) is 0. The van der Waals surface area contributed by atoms with Crippen molar-refractivity contribution < 1.29 is 33.3 Å². The summed E-state index contributed by atoms with van der Waals surface area (Å²) >= 11 is 0. The van der Waals surface area contributed by atoms with Crippen molar-refractivity contribution in [2.24, 2.45) is 0 Å².